The van der Waals surface area contributed by atoms with Crippen LogP contribution in [0.3, 0.4) is 0 Å². The van der Waals surface area contributed by atoms with Crippen LogP contribution >= 0.6 is 0 Å². The van der Waals surface area contributed by atoms with Crippen LogP contribution in [0.1, 0.15) is 37.0 Å². The largest absolute Gasteiger partial charge is 0.491 e. The average Bonchev–Trinajstić information content (AvgIpc) is 3.34. The number of amides is 1. The number of carbonyl (C=O) groups is 2. The third kappa shape index (κ3) is 6.70. The molecule has 1 amide bonds. The van der Waals surface area contributed by atoms with Crippen molar-refractivity contribution in [1.82, 2.24) is 5.32 Å². The molecule has 198 valence electrons. The van der Waals surface area contributed by atoms with Gasteiger partial charge in [0.15, 0.2) is 0 Å². The van der Waals surface area contributed by atoms with Gasteiger partial charge >= 0.3 is 5.97 Å². The smallest absolute Gasteiger partial charge is 0.305 e. The summed E-state index contributed by atoms with van der Waals surface area (Å²) in [7, 11) is 0. The van der Waals surface area contributed by atoms with Gasteiger partial charge in [0.1, 0.15) is 29.5 Å². The van der Waals surface area contributed by atoms with Gasteiger partial charge in [-0.15, -0.1) is 0 Å². The monoisotopic (exact) mass is 518 g/mol. The molecule has 3 N–H and O–H groups in total. The lowest BCUT2D eigenvalue weighted by Crippen LogP contribution is -2.33. The fourth-order valence-electron chi connectivity index (χ4n) is 4.04. The molecule has 0 spiro atoms. The number of hydrogen-bond donors (Lipinski definition) is 3. The first-order valence-electron chi connectivity index (χ1n) is 12.6. The van der Waals surface area contributed by atoms with Gasteiger partial charge in [-0.05, 0) is 54.4 Å². The second-order valence-corrected chi connectivity index (χ2v) is 9.21. The summed E-state index contributed by atoms with van der Waals surface area (Å²) >= 11 is 0. The van der Waals surface area contributed by atoms with E-state index in [9.17, 15) is 14.0 Å². The molecule has 0 radical (unpaired) electrons. The molecule has 0 saturated carbocycles. The number of furan rings is 1. The highest BCUT2D eigenvalue weighted by atomic mass is 19.1. The van der Waals surface area contributed by atoms with Crippen LogP contribution in [0.5, 0.6) is 5.75 Å². The van der Waals surface area contributed by atoms with Crippen molar-refractivity contribution in [3.05, 3.63) is 84.2 Å². The molecule has 0 bridgehead atoms. The fourth-order valence-corrected chi connectivity index (χ4v) is 4.04. The Balaban J connectivity index is 1.38. The normalized spacial score (nSPS) is 12.6. The molecule has 3 aromatic carbocycles. The van der Waals surface area contributed by atoms with Crippen LogP contribution in [-0.4, -0.2) is 36.2 Å². The molecule has 2 atom stereocenters. The molecule has 4 aromatic rings. The molecule has 1 aromatic heterocycles. The van der Waals surface area contributed by atoms with Crippen molar-refractivity contribution in [3.8, 4) is 17.1 Å². The van der Waals surface area contributed by atoms with Crippen molar-refractivity contribution < 1.29 is 28.2 Å². The maximum Gasteiger partial charge on any atom is 0.305 e. The maximum atomic E-state index is 15.0. The van der Waals surface area contributed by atoms with Crippen LogP contribution in [0.25, 0.3) is 22.3 Å². The molecule has 0 saturated heterocycles. The van der Waals surface area contributed by atoms with Gasteiger partial charge in [-0.3, -0.25) is 9.59 Å². The molecule has 0 unspecified atom stereocenters. The third-order valence-corrected chi connectivity index (χ3v) is 6.52. The average molecular weight is 519 g/mol. The van der Waals surface area contributed by atoms with E-state index in [0.29, 0.717) is 34.8 Å². The molecule has 7 nitrogen and oxygen atoms in total. The van der Waals surface area contributed by atoms with Crippen molar-refractivity contribution in [3.63, 3.8) is 0 Å². The summed E-state index contributed by atoms with van der Waals surface area (Å²) in [6, 6.07) is 21.0. The van der Waals surface area contributed by atoms with Gasteiger partial charge in [-0.1, -0.05) is 38.5 Å². The number of benzene rings is 3. The van der Waals surface area contributed by atoms with Gasteiger partial charge in [-0.25, -0.2) is 4.39 Å². The zero-order chi connectivity index (χ0) is 27.1. The predicted molar refractivity (Wildman–Crippen MR) is 145 cm³/mol. The summed E-state index contributed by atoms with van der Waals surface area (Å²) in [5.41, 5.74) is 2.33. The summed E-state index contributed by atoms with van der Waals surface area (Å²) in [6.07, 6.45) is 0.777. The summed E-state index contributed by atoms with van der Waals surface area (Å²) in [6.45, 7) is 4.58. The van der Waals surface area contributed by atoms with Crippen LogP contribution in [0.4, 0.5) is 10.1 Å². The minimum atomic E-state index is -0.965. The molecule has 38 heavy (non-hydrogen) atoms. The van der Waals surface area contributed by atoms with E-state index < -0.39 is 11.8 Å². The molecule has 4 rings (SSSR count). The number of anilines is 1. The number of para-hydroxylation sites is 1. The molecule has 8 heteroatoms. The molecule has 0 fully saturated rings. The lowest BCUT2D eigenvalue weighted by Gasteiger charge is -2.25. The lowest BCUT2D eigenvalue weighted by atomic mass is 9.99. The van der Waals surface area contributed by atoms with E-state index in [1.807, 2.05) is 30.3 Å². The minimum Gasteiger partial charge on any atom is -0.491 e. The first-order chi connectivity index (χ1) is 18.3. The minimum absolute atomic E-state index is 0.0617. The molecule has 0 aliphatic rings. The van der Waals surface area contributed by atoms with Gasteiger partial charge in [0.05, 0.1) is 18.0 Å². The van der Waals surface area contributed by atoms with Crippen LogP contribution in [0.2, 0.25) is 0 Å². The number of hydrogen-bond acceptors (Lipinski definition) is 5. The molecular weight excluding hydrogens is 487 g/mol. The number of halogens is 1. The zero-order valence-corrected chi connectivity index (χ0v) is 21.4. The van der Waals surface area contributed by atoms with E-state index in [2.05, 4.69) is 24.5 Å². The van der Waals surface area contributed by atoms with Crippen molar-refractivity contribution in [2.45, 2.75) is 32.7 Å². The van der Waals surface area contributed by atoms with E-state index in [1.165, 1.54) is 6.07 Å². The molecule has 1 heterocycles. The first-order valence-corrected chi connectivity index (χ1v) is 12.6. The summed E-state index contributed by atoms with van der Waals surface area (Å²) in [5.74, 6) is -0.569. The summed E-state index contributed by atoms with van der Waals surface area (Å²) < 4.78 is 26.7. The molecule has 0 aliphatic heterocycles. The van der Waals surface area contributed by atoms with Crippen LogP contribution in [0.15, 0.2) is 77.2 Å². The van der Waals surface area contributed by atoms with Gasteiger partial charge < -0.3 is 24.9 Å². The van der Waals surface area contributed by atoms with Crippen LogP contribution < -0.4 is 15.4 Å². The van der Waals surface area contributed by atoms with Gasteiger partial charge in [-0.2, -0.15) is 0 Å². The Morgan fingerprint density at radius 2 is 1.82 bits per heavy atom. The van der Waals surface area contributed by atoms with Crippen molar-refractivity contribution in [2.24, 2.45) is 5.92 Å². The number of ether oxygens (including phenoxy) is 1. The Morgan fingerprint density at radius 1 is 1.05 bits per heavy atom. The zero-order valence-electron chi connectivity index (χ0n) is 21.4. The van der Waals surface area contributed by atoms with E-state index in [1.54, 1.807) is 36.4 Å². The Morgan fingerprint density at radius 3 is 2.50 bits per heavy atom. The quantitative estimate of drug-likeness (QED) is 0.202. The first kappa shape index (κ1) is 26.7. The van der Waals surface area contributed by atoms with Crippen LogP contribution in [-0.2, 0) is 4.79 Å². The molecule has 0 aliphatic carbocycles. The Kier molecular flexibility index (Phi) is 8.63. The van der Waals surface area contributed by atoms with Gasteiger partial charge in [0, 0.05) is 29.2 Å². The number of carboxylic acid groups (broad SMARTS) is 1. The van der Waals surface area contributed by atoms with E-state index in [4.69, 9.17) is 14.3 Å². The SMILES string of the molecule is CC[C@H](C)[C@@H](COc1ccc(-c2cc3ccccc3o2)c(F)c1)Nc1ccc(C(=O)NCCC(=O)O)cc1. The highest BCUT2D eigenvalue weighted by Gasteiger charge is 2.18. The Labute approximate surface area is 220 Å². The number of carbonyl (C=O) groups excluding carboxylic acids is 1. The van der Waals surface area contributed by atoms with E-state index >= 15 is 0 Å². The lowest BCUT2D eigenvalue weighted by molar-refractivity contribution is -0.136. The number of carboxylic acids is 1. The van der Waals surface area contributed by atoms with Crippen molar-refractivity contribution >= 4 is 28.5 Å². The van der Waals surface area contributed by atoms with E-state index in [0.717, 1.165) is 17.5 Å². The third-order valence-electron chi connectivity index (χ3n) is 6.52. The standard InChI is InChI=1S/C30H31FN2O5/c1-3-19(2)26(33-22-10-8-20(9-11-22)30(36)32-15-14-29(34)35)18-37-23-12-13-24(25(31)17-23)28-16-21-6-4-5-7-27(21)38-28/h4-13,16-17,19,26,33H,3,14-15,18H2,1-2H3,(H,32,36)(H,34,35)/t19-,26+/m0/s1. The summed E-state index contributed by atoms with van der Waals surface area (Å²) in [5, 5.41) is 15.7. The highest BCUT2D eigenvalue weighted by Crippen LogP contribution is 2.31. The van der Waals surface area contributed by atoms with Gasteiger partial charge in [0.2, 0.25) is 0 Å². The van der Waals surface area contributed by atoms with Gasteiger partial charge in [0.25, 0.3) is 5.91 Å². The number of rotatable bonds is 12. The Bertz CT molecular complexity index is 1370. The van der Waals surface area contributed by atoms with Crippen LogP contribution in [0, 0.1) is 11.7 Å². The van der Waals surface area contributed by atoms with Crippen molar-refractivity contribution in [1.29, 1.82) is 0 Å². The molecular formula is C30H31FN2O5. The summed E-state index contributed by atoms with van der Waals surface area (Å²) in [4.78, 5) is 22.8. The van der Waals surface area contributed by atoms with Crippen molar-refractivity contribution in [2.75, 3.05) is 18.5 Å². The Hall–Kier alpha value is -4.33. The second-order valence-electron chi connectivity index (χ2n) is 9.21. The number of fused-ring (bicyclic) bond motifs is 1. The predicted octanol–water partition coefficient (Wildman–Crippen LogP) is 6.35. The maximum absolute atomic E-state index is 15.0. The number of nitrogens with one attached hydrogen (secondary N) is 2. The number of aliphatic carboxylic acids is 1. The van der Waals surface area contributed by atoms with E-state index in [-0.39, 0.29) is 30.8 Å². The highest BCUT2D eigenvalue weighted by molar-refractivity contribution is 5.94. The second kappa shape index (κ2) is 12.3. The fraction of sp³-hybridized carbons (Fsp3) is 0.267. The topological polar surface area (TPSA) is 101 Å².